The molecule has 150 valence electrons. The van der Waals surface area contributed by atoms with Crippen molar-refractivity contribution in [2.24, 2.45) is 0 Å². The molecule has 1 fully saturated rings. The molecule has 0 radical (unpaired) electrons. The molecule has 5 nitrogen and oxygen atoms in total. The lowest BCUT2D eigenvalue weighted by molar-refractivity contribution is -0.132. The van der Waals surface area contributed by atoms with E-state index < -0.39 is 0 Å². The average Bonchev–Trinajstić information content (AvgIpc) is 2.72. The molecule has 2 aromatic rings. The summed E-state index contributed by atoms with van der Waals surface area (Å²) in [5.74, 6) is 2.00. The first-order valence-corrected chi connectivity index (χ1v) is 10.1. The Balaban J connectivity index is 1.49. The number of para-hydroxylation sites is 1. The highest BCUT2D eigenvalue weighted by atomic mass is 16.5. The van der Waals surface area contributed by atoms with E-state index in [9.17, 15) is 4.79 Å². The van der Waals surface area contributed by atoms with Gasteiger partial charge in [-0.2, -0.15) is 0 Å². The lowest BCUT2D eigenvalue weighted by atomic mass is 10.1. The molecule has 2 aromatic carbocycles. The van der Waals surface area contributed by atoms with Crippen LogP contribution in [0, 0.1) is 0 Å². The summed E-state index contributed by atoms with van der Waals surface area (Å²) < 4.78 is 11.2. The van der Waals surface area contributed by atoms with E-state index in [2.05, 4.69) is 17.0 Å². The molecule has 0 spiro atoms. The van der Waals surface area contributed by atoms with Gasteiger partial charge in [0.05, 0.1) is 19.6 Å². The van der Waals surface area contributed by atoms with Gasteiger partial charge in [0.25, 0.3) is 0 Å². The van der Waals surface area contributed by atoms with E-state index in [1.807, 2.05) is 55.1 Å². The second-order valence-corrected chi connectivity index (χ2v) is 6.95. The second kappa shape index (κ2) is 10.1. The Kier molecular flexibility index (Phi) is 7.31. The maximum absolute atomic E-state index is 12.6. The highest BCUT2D eigenvalue weighted by Gasteiger charge is 2.22. The molecule has 28 heavy (non-hydrogen) atoms. The summed E-state index contributed by atoms with van der Waals surface area (Å²) in [4.78, 5) is 17.0. The van der Waals surface area contributed by atoms with Gasteiger partial charge in [-0.1, -0.05) is 30.3 Å². The molecular weight excluding hydrogens is 352 g/mol. The minimum atomic E-state index is 0.193. The summed E-state index contributed by atoms with van der Waals surface area (Å²) >= 11 is 0. The van der Waals surface area contributed by atoms with Crippen molar-refractivity contribution in [3.8, 4) is 11.5 Å². The standard InChI is InChI=1S/C23H30N2O3/c1-3-27-21-11-9-19(10-12-21)17-23(26)25-15-13-24(14-16-25)18-20-7-5-6-8-22(20)28-4-2/h5-12H,3-4,13-18H2,1-2H3. The van der Waals surface area contributed by atoms with Crippen LogP contribution in [0.3, 0.4) is 0 Å². The number of benzene rings is 2. The van der Waals surface area contributed by atoms with Crippen LogP contribution in [0.5, 0.6) is 11.5 Å². The van der Waals surface area contributed by atoms with Crippen molar-refractivity contribution in [2.45, 2.75) is 26.8 Å². The Bertz CT molecular complexity index is 753. The van der Waals surface area contributed by atoms with Crippen LogP contribution in [-0.4, -0.2) is 55.1 Å². The SMILES string of the molecule is CCOc1ccc(CC(=O)N2CCN(Cc3ccccc3OCC)CC2)cc1. The average molecular weight is 383 g/mol. The number of ether oxygens (including phenoxy) is 2. The van der Waals surface area contributed by atoms with Crippen LogP contribution in [0.15, 0.2) is 48.5 Å². The predicted molar refractivity (Wildman–Crippen MR) is 111 cm³/mol. The van der Waals surface area contributed by atoms with Gasteiger partial charge in [-0.15, -0.1) is 0 Å². The minimum Gasteiger partial charge on any atom is -0.494 e. The van der Waals surface area contributed by atoms with E-state index in [1.54, 1.807) is 0 Å². The number of piperazine rings is 1. The number of nitrogens with zero attached hydrogens (tertiary/aromatic N) is 2. The summed E-state index contributed by atoms with van der Waals surface area (Å²) in [5, 5.41) is 0. The summed E-state index contributed by atoms with van der Waals surface area (Å²) in [5.41, 5.74) is 2.24. The topological polar surface area (TPSA) is 42.0 Å². The van der Waals surface area contributed by atoms with Crippen LogP contribution in [0.25, 0.3) is 0 Å². The smallest absolute Gasteiger partial charge is 0.227 e. The first-order chi connectivity index (χ1) is 13.7. The Morgan fingerprint density at radius 2 is 1.57 bits per heavy atom. The van der Waals surface area contributed by atoms with Crippen molar-refractivity contribution in [1.82, 2.24) is 9.80 Å². The molecule has 3 rings (SSSR count). The number of rotatable bonds is 8. The van der Waals surface area contributed by atoms with Gasteiger partial charge in [0.1, 0.15) is 11.5 Å². The van der Waals surface area contributed by atoms with E-state index in [1.165, 1.54) is 5.56 Å². The molecule has 0 N–H and O–H groups in total. The number of hydrogen-bond acceptors (Lipinski definition) is 4. The molecule has 0 saturated carbocycles. The summed E-state index contributed by atoms with van der Waals surface area (Å²) in [6, 6.07) is 16.0. The van der Waals surface area contributed by atoms with Crippen LogP contribution >= 0.6 is 0 Å². The number of hydrogen-bond donors (Lipinski definition) is 0. The maximum Gasteiger partial charge on any atom is 0.227 e. The Morgan fingerprint density at radius 1 is 0.893 bits per heavy atom. The largest absolute Gasteiger partial charge is 0.494 e. The number of carbonyl (C=O) groups excluding carboxylic acids is 1. The zero-order chi connectivity index (χ0) is 19.8. The zero-order valence-electron chi connectivity index (χ0n) is 16.9. The molecular formula is C23H30N2O3. The third kappa shape index (κ3) is 5.49. The van der Waals surface area contributed by atoms with Crippen molar-refractivity contribution >= 4 is 5.91 Å². The van der Waals surface area contributed by atoms with Gasteiger partial charge in [0.2, 0.25) is 5.91 Å². The summed E-state index contributed by atoms with van der Waals surface area (Å²) in [6.45, 7) is 9.46. The van der Waals surface area contributed by atoms with Gasteiger partial charge < -0.3 is 14.4 Å². The van der Waals surface area contributed by atoms with E-state index >= 15 is 0 Å². The van der Waals surface area contributed by atoms with Crippen molar-refractivity contribution in [2.75, 3.05) is 39.4 Å². The van der Waals surface area contributed by atoms with Crippen molar-refractivity contribution in [3.05, 3.63) is 59.7 Å². The van der Waals surface area contributed by atoms with Crippen molar-refractivity contribution < 1.29 is 14.3 Å². The van der Waals surface area contributed by atoms with Crippen LogP contribution in [0.2, 0.25) is 0 Å². The third-order valence-corrected chi connectivity index (χ3v) is 4.98. The maximum atomic E-state index is 12.6. The van der Waals surface area contributed by atoms with E-state index in [0.717, 1.165) is 49.8 Å². The molecule has 1 saturated heterocycles. The molecule has 1 amide bonds. The fourth-order valence-corrected chi connectivity index (χ4v) is 3.48. The lowest BCUT2D eigenvalue weighted by Crippen LogP contribution is -2.48. The number of carbonyl (C=O) groups is 1. The Morgan fingerprint density at radius 3 is 2.25 bits per heavy atom. The van der Waals surface area contributed by atoms with Crippen molar-refractivity contribution in [3.63, 3.8) is 0 Å². The molecule has 1 heterocycles. The van der Waals surface area contributed by atoms with Gasteiger partial charge in [-0.25, -0.2) is 0 Å². The molecule has 0 unspecified atom stereocenters. The second-order valence-electron chi connectivity index (χ2n) is 6.95. The van der Waals surface area contributed by atoms with Gasteiger partial charge in [0.15, 0.2) is 0 Å². The summed E-state index contributed by atoms with van der Waals surface area (Å²) in [6.07, 6.45) is 0.444. The van der Waals surface area contributed by atoms with Crippen LogP contribution in [0.1, 0.15) is 25.0 Å². The lowest BCUT2D eigenvalue weighted by Gasteiger charge is -2.35. The highest BCUT2D eigenvalue weighted by Crippen LogP contribution is 2.21. The van der Waals surface area contributed by atoms with Crippen LogP contribution in [-0.2, 0) is 17.8 Å². The molecule has 0 aromatic heterocycles. The molecule has 5 heteroatoms. The van der Waals surface area contributed by atoms with Crippen molar-refractivity contribution in [1.29, 1.82) is 0 Å². The van der Waals surface area contributed by atoms with Gasteiger partial charge in [-0.05, 0) is 37.6 Å². The molecule has 0 aliphatic carbocycles. The minimum absolute atomic E-state index is 0.193. The monoisotopic (exact) mass is 382 g/mol. The number of amides is 1. The Labute approximate surface area is 167 Å². The first-order valence-electron chi connectivity index (χ1n) is 10.1. The van der Waals surface area contributed by atoms with E-state index in [0.29, 0.717) is 19.6 Å². The highest BCUT2D eigenvalue weighted by molar-refractivity contribution is 5.79. The zero-order valence-corrected chi connectivity index (χ0v) is 16.9. The molecule has 0 bridgehead atoms. The Hall–Kier alpha value is -2.53. The quantitative estimate of drug-likeness (QED) is 0.702. The van der Waals surface area contributed by atoms with E-state index in [4.69, 9.17) is 9.47 Å². The third-order valence-electron chi connectivity index (χ3n) is 4.98. The van der Waals surface area contributed by atoms with Gasteiger partial charge in [-0.3, -0.25) is 9.69 Å². The van der Waals surface area contributed by atoms with E-state index in [-0.39, 0.29) is 5.91 Å². The van der Waals surface area contributed by atoms with Crippen LogP contribution < -0.4 is 9.47 Å². The van der Waals surface area contributed by atoms with Crippen LogP contribution in [0.4, 0.5) is 0 Å². The predicted octanol–water partition coefficient (Wildman–Crippen LogP) is 3.37. The molecule has 1 aliphatic rings. The molecule has 0 atom stereocenters. The molecule has 1 aliphatic heterocycles. The van der Waals surface area contributed by atoms with Gasteiger partial charge >= 0.3 is 0 Å². The normalized spacial score (nSPS) is 14.7. The van der Waals surface area contributed by atoms with Gasteiger partial charge in [0, 0.05) is 38.3 Å². The fraction of sp³-hybridized carbons (Fsp3) is 0.435. The fourth-order valence-electron chi connectivity index (χ4n) is 3.48. The first kappa shape index (κ1) is 20.2. The summed E-state index contributed by atoms with van der Waals surface area (Å²) in [7, 11) is 0.